The molecule has 6 nitrogen and oxygen atoms in total. The summed E-state index contributed by atoms with van der Waals surface area (Å²) in [6.07, 6.45) is 2.14. The number of hydrogen-bond acceptors (Lipinski definition) is 5. The maximum Gasteiger partial charge on any atom is 0.259 e. The minimum Gasteiger partial charge on any atom is -0.487 e. The molecule has 0 aliphatic carbocycles. The second-order valence-electron chi connectivity index (χ2n) is 6.11. The van der Waals surface area contributed by atoms with E-state index >= 15 is 0 Å². The van der Waals surface area contributed by atoms with Gasteiger partial charge in [0, 0.05) is 37.0 Å². The van der Waals surface area contributed by atoms with Crippen molar-refractivity contribution in [2.24, 2.45) is 0 Å². The lowest BCUT2D eigenvalue weighted by atomic mass is 10.1. The van der Waals surface area contributed by atoms with Gasteiger partial charge in [0.05, 0.1) is 14.6 Å². The Hall–Kier alpha value is -3.42. The number of pyridine rings is 3. The van der Waals surface area contributed by atoms with E-state index in [1.807, 2.05) is 0 Å². The summed E-state index contributed by atoms with van der Waals surface area (Å²) in [6, 6.07) is 4.39. The van der Waals surface area contributed by atoms with Crippen LogP contribution in [0.3, 0.4) is 0 Å². The van der Waals surface area contributed by atoms with Crippen molar-refractivity contribution in [2.45, 2.75) is 27.3 Å². The van der Waals surface area contributed by atoms with Crippen LogP contribution in [0.1, 0.15) is 37.1 Å². The fourth-order valence-corrected chi connectivity index (χ4v) is 2.58. The first-order valence-corrected chi connectivity index (χ1v) is 8.22. The maximum atomic E-state index is 13.9. The van der Waals surface area contributed by atoms with E-state index < -0.39 is 29.4 Å². The largest absolute Gasteiger partial charge is 0.487 e. The third-order valence-electron chi connectivity index (χ3n) is 3.94. The number of rotatable bonds is 5. The van der Waals surface area contributed by atoms with Gasteiger partial charge in [-0.3, -0.25) is 24.1 Å². The molecule has 3 aromatic rings. The maximum absolute atomic E-state index is 13.9. The number of hydrogen-bond donors (Lipinski definition) is 0. The highest BCUT2D eigenvalue weighted by atomic mass is 19.1. The topological polar surface area (TPSA) is 74.1 Å². The minimum atomic E-state index is -2.75. The third kappa shape index (κ3) is 3.95. The minimum absolute atomic E-state index is 0.164. The first-order valence-electron chi connectivity index (χ1n) is 9.22. The van der Waals surface area contributed by atoms with Crippen LogP contribution in [0.2, 0.25) is 0 Å². The van der Waals surface area contributed by atoms with E-state index in [9.17, 15) is 18.4 Å². The van der Waals surface area contributed by atoms with E-state index in [2.05, 4.69) is 9.97 Å². The van der Waals surface area contributed by atoms with Crippen molar-refractivity contribution in [1.82, 2.24) is 14.5 Å². The van der Waals surface area contributed by atoms with Crippen LogP contribution in [-0.2, 0) is 6.56 Å². The molecule has 0 saturated heterocycles. The van der Waals surface area contributed by atoms with E-state index in [0.717, 1.165) is 6.07 Å². The van der Waals surface area contributed by atoms with Gasteiger partial charge < -0.3 is 4.74 Å². The normalized spacial score (nSPS) is 12.3. The van der Waals surface area contributed by atoms with Crippen molar-refractivity contribution in [3.63, 3.8) is 0 Å². The summed E-state index contributed by atoms with van der Waals surface area (Å²) in [6.45, 7) is 1.92. The van der Waals surface area contributed by atoms with Crippen molar-refractivity contribution in [3.05, 3.63) is 81.3 Å². The summed E-state index contributed by atoms with van der Waals surface area (Å²) in [7, 11) is 0. The molecule has 0 atom stereocenters. The van der Waals surface area contributed by atoms with Gasteiger partial charge in [-0.1, -0.05) is 0 Å². The number of halogens is 2. The smallest absolute Gasteiger partial charge is 0.259 e. The van der Waals surface area contributed by atoms with Crippen LogP contribution in [0.5, 0.6) is 5.75 Å². The van der Waals surface area contributed by atoms with Gasteiger partial charge in [-0.15, -0.1) is 0 Å². The quantitative estimate of drug-likeness (QED) is 0.628. The van der Waals surface area contributed by atoms with Gasteiger partial charge >= 0.3 is 0 Å². The zero-order chi connectivity index (χ0) is 22.2. The predicted molar refractivity (Wildman–Crippen MR) is 97.8 cm³/mol. The van der Waals surface area contributed by atoms with Crippen molar-refractivity contribution in [1.29, 1.82) is 0 Å². The Morgan fingerprint density at radius 2 is 1.93 bits per heavy atom. The Labute approximate surface area is 162 Å². The molecule has 0 aliphatic heterocycles. The summed E-state index contributed by atoms with van der Waals surface area (Å²) >= 11 is 0. The van der Waals surface area contributed by atoms with Crippen molar-refractivity contribution in [3.8, 4) is 11.4 Å². The van der Waals surface area contributed by atoms with Gasteiger partial charge in [-0.25, -0.2) is 8.78 Å². The van der Waals surface area contributed by atoms with E-state index in [1.165, 1.54) is 29.8 Å². The van der Waals surface area contributed by atoms with Crippen LogP contribution in [-0.4, -0.2) is 20.3 Å². The van der Waals surface area contributed by atoms with Crippen molar-refractivity contribution < 1.29 is 21.1 Å². The van der Waals surface area contributed by atoms with E-state index in [4.69, 9.17) is 7.48 Å². The molecule has 0 spiro atoms. The SMILES string of the molecule is [2H]C([2H])(Oc1cc(C)n(-c2cc(C(C)=O)ncc2C)c(=O)c1)c1ncc(F)cc1F. The van der Waals surface area contributed by atoms with Crippen LogP contribution in [0.25, 0.3) is 5.69 Å². The average molecular weight is 387 g/mol. The molecule has 0 bridgehead atoms. The van der Waals surface area contributed by atoms with Crippen LogP contribution in [0.15, 0.2) is 41.5 Å². The lowest BCUT2D eigenvalue weighted by molar-refractivity contribution is 0.101. The van der Waals surface area contributed by atoms with Crippen molar-refractivity contribution in [2.75, 3.05) is 0 Å². The molecule has 0 aromatic carbocycles. The monoisotopic (exact) mass is 387 g/mol. The molecule has 0 fully saturated rings. The van der Waals surface area contributed by atoms with Crippen LogP contribution in [0, 0.1) is 25.5 Å². The zero-order valence-corrected chi connectivity index (χ0v) is 15.3. The molecule has 0 radical (unpaired) electrons. The number of Topliss-reactive ketones (excluding diaryl/α,β-unsaturated/α-hetero) is 1. The molecular weight excluding hydrogens is 368 g/mol. The molecule has 0 saturated carbocycles. The lowest BCUT2D eigenvalue weighted by Gasteiger charge is -2.15. The molecule has 3 aromatic heterocycles. The third-order valence-corrected chi connectivity index (χ3v) is 3.94. The van der Waals surface area contributed by atoms with Gasteiger partial charge in [-0.2, -0.15) is 0 Å². The Morgan fingerprint density at radius 1 is 1.18 bits per heavy atom. The Bertz CT molecular complexity index is 1210. The highest BCUT2D eigenvalue weighted by Gasteiger charge is 2.13. The number of carbonyl (C=O) groups is 1. The van der Waals surface area contributed by atoms with Crippen LogP contribution >= 0.6 is 0 Å². The Balaban J connectivity index is 2.02. The highest BCUT2D eigenvalue weighted by molar-refractivity contribution is 5.92. The second-order valence-corrected chi connectivity index (χ2v) is 6.11. The van der Waals surface area contributed by atoms with Gasteiger partial charge in [0.25, 0.3) is 5.56 Å². The molecule has 0 amide bonds. The number of carbonyl (C=O) groups excluding carboxylic acids is 1. The van der Waals surface area contributed by atoms with E-state index in [-0.39, 0.29) is 17.2 Å². The molecule has 0 unspecified atom stereocenters. The average Bonchev–Trinajstić information content (AvgIpc) is 2.61. The van der Waals surface area contributed by atoms with Gasteiger partial charge in [0.2, 0.25) is 0 Å². The standard InChI is InChI=1S/C20H17F2N3O3/c1-11-8-23-17(13(3)26)7-19(11)25-12(2)4-15(6-20(25)27)28-10-18-16(22)5-14(21)9-24-18/h4-9H,10H2,1-3H3/i10D2. The molecule has 144 valence electrons. The summed E-state index contributed by atoms with van der Waals surface area (Å²) in [4.78, 5) is 31.8. The molecule has 0 aliphatic rings. The van der Waals surface area contributed by atoms with Crippen LogP contribution < -0.4 is 10.3 Å². The first-order chi connectivity index (χ1) is 14.0. The summed E-state index contributed by atoms with van der Waals surface area (Å²) in [5, 5.41) is 0. The van der Waals surface area contributed by atoms with E-state index in [1.54, 1.807) is 13.8 Å². The van der Waals surface area contributed by atoms with Gasteiger partial charge in [-0.05, 0) is 25.5 Å². The Morgan fingerprint density at radius 3 is 2.57 bits per heavy atom. The molecule has 3 rings (SSSR count). The fraction of sp³-hybridized carbons (Fsp3) is 0.200. The second kappa shape index (κ2) is 7.67. The summed E-state index contributed by atoms with van der Waals surface area (Å²) in [5.74, 6) is -2.59. The molecule has 28 heavy (non-hydrogen) atoms. The first kappa shape index (κ1) is 16.7. The lowest BCUT2D eigenvalue weighted by Crippen LogP contribution is -2.21. The molecule has 0 N–H and O–H groups in total. The zero-order valence-electron chi connectivity index (χ0n) is 17.3. The highest BCUT2D eigenvalue weighted by Crippen LogP contribution is 2.19. The van der Waals surface area contributed by atoms with Crippen LogP contribution in [0.4, 0.5) is 8.78 Å². The van der Waals surface area contributed by atoms with Gasteiger partial charge in [0.15, 0.2) is 11.6 Å². The fourth-order valence-electron chi connectivity index (χ4n) is 2.58. The number of aryl methyl sites for hydroxylation is 2. The number of ether oxygens (including phenoxy) is 1. The molecule has 8 heteroatoms. The van der Waals surface area contributed by atoms with E-state index in [0.29, 0.717) is 29.2 Å². The summed E-state index contributed by atoms with van der Waals surface area (Å²) < 4.78 is 49.4. The number of aromatic nitrogens is 3. The Kier molecular flexibility index (Phi) is 4.59. The molecule has 3 heterocycles. The number of ketones is 1. The van der Waals surface area contributed by atoms with Gasteiger partial charge in [0.1, 0.15) is 29.5 Å². The molecular formula is C20H17F2N3O3. The predicted octanol–water partition coefficient (Wildman–Crippen LogP) is 3.30. The van der Waals surface area contributed by atoms with Crippen molar-refractivity contribution >= 4 is 5.78 Å². The summed E-state index contributed by atoms with van der Waals surface area (Å²) in [5.41, 5.74) is 0.352. The number of nitrogens with zero attached hydrogens (tertiary/aromatic N) is 3.